The predicted octanol–water partition coefficient (Wildman–Crippen LogP) is 2.09. The first-order chi connectivity index (χ1) is 15.7. The van der Waals surface area contributed by atoms with Crippen molar-refractivity contribution in [1.82, 2.24) is 0 Å². The van der Waals surface area contributed by atoms with Crippen molar-refractivity contribution >= 4 is 35.5 Å². The molecule has 0 N–H and O–H groups in total. The molecule has 33 heavy (non-hydrogen) atoms. The number of carbonyl (C=O) groups excluding carboxylic acids is 4. The van der Waals surface area contributed by atoms with Gasteiger partial charge in [0.1, 0.15) is 0 Å². The third kappa shape index (κ3) is 4.33. The van der Waals surface area contributed by atoms with E-state index in [1.165, 1.54) is 28.4 Å². The summed E-state index contributed by atoms with van der Waals surface area (Å²) >= 11 is 6.41. The van der Waals surface area contributed by atoms with Crippen LogP contribution in [0.5, 0.6) is 0 Å². The average molecular weight is 481 g/mol. The minimum atomic E-state index is -0.697. The zero-order valence-corrected chi connectivity index (χ0v) is 20.2. The average Bonchev–Trinajstić information content (AvgIpc) is 2.85. The highest BCUT2D eigenvalue weighted by Gasteiger charge is 2.45. The first-order valence-electron chi connectivity index (χ1n) is 10.8. The Kier molecular flexibility index (Phi) is 7.67. The van der Waals surface area contributed by atoms with Gasteiger partial charge in [-0.15, -0.1) is 11.6 Å². The van der Waals surface area contributed by atoms with Crippen LogP contribution in [0, 0.1) is 30.6 Å². The molecule has 9 heteroatoms. The molecule has 2 aliphatic carbocycles. The summed E-state index contributed by atoms with van der Waals surface area (Å²) < 4.78 is 19.9. The summed E-state index contributed by atoms with van der Waals surface area (Å²) in [5.41, 5.74) is 5.43. The Morgan fingerprint density at radius 3 is 1.15 bits per heavy atom. The van der Waals surface area contributed by atoms with Gasteiger partial charge in [0.2, 0.25) is 0 Å². The number of fused-ring (bicyclic) bond motifs is 2. The van der Waals surface area contributed by atoms with E-state index in [0.29, 0.717) is 12.8 Å². The highest BCUT2D eigenvalue weighted by molar-refractivity contribution is 6.17. The maximum absolute atomic E-state index is 12.5. The van der Waals surface area contributed by atoms with Crippen LogP contribution in [-0.2, 0) is 69.7 Å². The van der Waals surface area contributed by atoms with Crippen molar-refractivity contribution < 1.29 is 38.1 Å². The first-order valence-corrected chi connectivity index (χ1v) is 11.3. The Labute approximate surface area is 197 Å². The molecule has 0 spiro atoms. The van der Waals surface area contributed by atoms with Crippen molar-refractivity contribution in [3.63, 3.8) is 0 Å². The van der Waals surface area contributed by atoms with Crippen LogP contribution in [0.25, 0.3) is 0 Å². The third-order valence-electron chi connectivity index (χ3n) is 7.18. The number of hydrogen-bond donors (Lipinski definition) is 0. The number of ether oxygens (including phenoxy) is 4. The number of hydrogen-bond acceptors (Lipinski definition) is 8. The van der Waals surface area contributed by atoms with Gasteiger partial charge < -0.3 is 18.9 Å². The van der Waals surface area contributed by atoms with Crippen molar-refractivity contribution in [1.29, 1.82) is 0 Å². The lowest BCUT2D eigenvalue weighted by atomic mass is 9.67. The van der Waals surface area contributed by atoms with E-state index in [0.717, 1.165) is 33.4 Å². The quantitative estimate of drug-likeness (QED) is 0.358. The van der Waals surface area contributed by atoms with Gasteiger partial charge in [-0.2, -0.15) is 0 Å². The lowest BCUT2D eigenvalue weighted by Gasteiger charge is -2.37. The highest BCUT2D eigenvalue weighted by atomic mass is 35.5. The molecular formula is C24H29ClO8. The van der Waals surface area contributed by atoms with E-state index in [2.05, 4.69) is 0 Å². The molecule has 0 aliphatic heterocycles. The maximum Gasteiger partial charge on any atom is 0.309 e. The van der Waals surface area contributed by atoms with E-state index < -0.39 is 47.5 Å². The Morgan fingerprint density at radius 2 is 0.909 bits per heavy atom. The molecular weight excluding hydrogens is 452 g/mol. The third-order valence-corrected chi connectivity index (χ3v) is 7.45. The Balaban J connectivity index is 2.19. The van der Waals surface area contributed by atoms with Crippen molar-refractivity contribution in [2.75, 3.05) is 28.4 Å². The predicted molar refractivity (Wildman–Crippen MR) is 118 cm³/mol. The second-order valence-electron chi connectivity index (χ2n) is 8.49. The lowest BCUT2D eigenvalue weighted by Crippen LogP contribution is -2.41. The van der Waals surface area contributed by atoms with E-state index in [1.807, 2.05) is 6.92 Å². The SMILES string of the molecule is COC(=O)[C@H]1Cc2c(c(C)c3c(c2CCl)C[C@H](C(=O)OC)[C@H](C(=O)OC)C3)C[C@H]1C(=O)OC. The van der Waals surface area contributed by atoms with Crippen LogP contribution in [0.15, 0.2) is 0 Å². The first kappa shape index (κ1) is 25.0. The summed E-state index contributed by atoms with van der Waals surface area (Å²) in [5.74, 6) is -4.50. The van der Waals surface area contributed by atoms with E-state index in [4.69, 9.17) is 30.5 Å². The second-order valence-corrected chi connectivity index (χ2v) is 8.75. The molecule has 0 saturated heterocycles. The summed E-state index contributed by atoms with van der Waals surface area (Å²) in [5, 5.41) is 0. The summed E-state index contributed by atoms with van der Waals surface area (Å²) in [6.07, 6.45) is 1.16. The fourth-order valence-corrected chi connectivity index (χ4v) is 5.76. The smallest absolute Gasteiger partial charge is 0.309 e. The second kappa shape index (κ2) is 10.1. The molecule has 0 fully saturated rings. The number of alkyl halides is 1. The largest absolute Gasteiger partial charge is 0.469 e. The van der Waals surface area contributed by atoms with E-state index >= 15 is 0 Å². The summed E-state index contributed by atoms with van der Waals surface area (Å²) in [6.45, 7) is 1.94. The molecule has 2 aliphatic rings. The van der Waals surface area contributed by atoms with Crippen molar-refractivity contribution in [2.24, 2.45) is 23.7 Å². The van der Waals surface area contributed by atoms with Gasteiger partial charge in [-0.05, 0) is 66.0 Å². The molecule has 1 aromatic carbocycles. The number of carbonyl (C=O) groups is 4. The van der Waals surface area contributed by atoms with Crippen molar-refractivity contribution in [3.05, 3.63) is 33.4 Å². The number of rotatable bonds is 5. The van der Waals surface area contributed by atoms with Crippen LogP contribution in [0.2, 0.25) is 0 Å². The number of benzene rings is 1. The summed E-state index contributed by atoms with van der Waals surface area (Å²) in [6, 6.07) is 0. The molecule has 180 valence electrons. The van der Waals surface area contributed by atoms with Gasteiger partial charge in [-0.25, -0.2) is 0 Å². The van der Waals surface area contributed by atoms with Gasteiger partial charge in [-0.1, -0.05) is 0 Å². The van der Waals surface area contributed by atoms with Crippen LogP contribution < -0.4 is 0 Å². The highest BCUT2D eigenvalue weighted by Crippen LogP contribution is 2.44. The molecule has 3 rings (SSSR count). The maximum atomic E-state index is 12.5. The molecule has 0 bridgehead atoms. The van der Waals surface area contributed by atoms with Gasteiger partial charge in [0.05, 0.1) is 52.1 Å². The number of halogens is 1. The molecule has 0 heterocycles. The standard InChI is InChI=1S/C24H29ClO8/c1-11-12-6-16(21(26)30-2)18(23(28)32-4)8-14(12)20(10-25)15-9-19(24(29)33-5)17(7-13(11)15)22(27)31-3/h16-19H,6-10H2,1-5H3/t16-,17-,18+,19+/m1/s1. The van der Waals surface area contributed by atoms with E-state index in [1.54, 1.807) is 0 Å². The van der Waals surface area contributed by atoms with E-state index in [9.17, 15) is 19.2 Å². The topological polar surface area (TPSA) is 105 Å². The molecule has 0 unspecified atom stereocenters. The lowest BCUT2D eigenvalue weighted by molar-refractivity contribution is -0.158. The van der Waals surface area contributed by atoms with Gasteiger partial charge in [0.15, 0.2) is 0 Å². The van der Waals surface area contributed by atoms with Gasteiger partial charge in [0, 0.05) is 5.88 Å². The zero-order valence-electron chi connectivity index (χ0n) is 19.5. The minimum absolute atomic E-state index is 0.165. The molecule has 8 nitrogen and oxygen atoms in total. The molecule has 0 saturated carbocycles. The van der Waals surface area contributed by atoms with Gasteiger partial charge >= 0.3 is 23.9 Å². The van der Waals surface area contributed by atoms with Gasteiger partial charge in [-0.3, -0.25) is 19.2 Å². The number of esters is 4. The Bertz CT molecular complexity index is 912. The van der Waals surface area contributed by atoms with Crippen LogP contribution >= 0.6 is 11.6 Å². The fraction of sp³-hybridized carbons (Fsp3) is 0.583. The molecule has 0 aromatic heterocycles. The number of methoxy groups -OCH3 is 4. The van der Waals surface area contributed by atoms with Crippen molar-refractivity contribution in [3.8, 4) is 0 Å². The normalized spacial score (nSPS) is 23.6. The molecule has 0 amide bonds. The molecule has 0 radical (unpaired) electrons. The zero-order chi connectivity index (χ0) is 24.4. The monoisotopic (exact) mass is 480 g/mol. The molecule has 4 atom stereocenters. The van der Waals surface area contributed by atoms with Crippen LogP contribution in [-0.4, -0.2) is 52.3 Å². The molecule has 1 aromatic rings. The van der Waals surface area contributed by atoms with Gasteiger partial charge in [0.25, 0.3) is 0 Å². The Hall–Kier alpha value is -2.61. The Morgan fingerprint density at radius 1 is 0.636 bits per heavy atom. The fourth-order valence-electron chi connectivity index (χ4n) is 5.43. The van der Waals surface area contributed by atoms with Crippen molar-refractivity contribution in [2.45, 2.75) is 38.5 Å². The summed E-state index contributed by atoms with van der Waals surface area (Å²) in [7, 11) is 5.18. The summed E-state index contributed by atoms with van der Waals surface area (Å²) in [4.78, 5) is 50.1. The minimum Gasteiger partial charge on any atom is -0.469 e. The van der Waals surface area contributed by atoms with Crippen LogP contribution in [0.4, 0.5) is 0 Å². The van der Waals surface area contributed by atoms with E-state index in [-0.39, 0.29) is 18.7 Å². The van der Waals surface area contributed by atoms with Crippen LogP contribution in [0.1, 0.15) is 33.4 Å². The van der Waals surface area contributed by atoms with Crippen LogP contribution in [0.3, 0.4) is 0 Å².